The van der Waals surface area contributed by atoms with Gasteiger partial charge in [0.2, 0.25) is 5.91 Å². The molecule has 2 atom stereocenters. The summed E-state index contributed by atoms with van der Waals surface area (Å²) in [5.74, 6) is 0.303. The van der Waals surface area contributed by atoms with Gasteiger partial charge >= 0.3 is 0 Å². The van der Waals surface area contributed by atoms with Gasteiger partial charge in [-0.25, -0.2) is 0 Å². The van der Waals surface area contributed by atoms with Crippen LogP contribution in [0.5, 0.6) is 5.75 Å². The Kier molecular flexibility index (Phi) is 6.02. The second-order valence-electron chi connectivity index (χ2n) is 5.70. The Labute approximate surface area is 121 Å². The van der Waals surface area contributed by atoms with Gasteiger partial charge in [0.25, 0.3) is 0 Å². The SMILES string of the molecule is CCC(C)(CN)C(=O)NC(C)CCc1ccc(O)cc1. The molecule has 0 fully saturated rings. The molecule has 0 aliphatic rings. The summed E-state index contributed by atoms with van der Waals surface area (Å²) in [6, 6.07) is 7.27. The van der Waals surface area contributed by atoms with Crippen molar-refractivity contribution in [2.45, 2.75) is 46.1 Å². The number of nitrogens with two attached hydrogens (primary N) is 1. The van der Waals surface area contributed by atoms with Crippen LogP contribution in [0.1, 0.15) is 39.2 Å². The molecule has 4 nitrogen and oxygen atoms in total. The fraction of sp³-hybridized carbons (Fsp3) is 0.562. The quantitative estimate of drug-likeness (QED) is 0.715. The second kappa shape index (κ2) is 7.29. The molecule has 4 heteroatoms. The molecule has 20 heavy (non-hydrogen) atoms. The molecule has 0 aromatic heterocycles. The zero-order valence-corrected chi connectivity index (χ0v) is 12.6. The lowest BCUT2D eigenvalue weighted by molar-refractivity contribution is -0.130. The number of hydrogen-bond acceptors (Lipinski definition) is 3. The van der Waals surface area contributed by atoms with Crippen LogP contribution >= 0.6 is 0 Å². The third-order valence-corrected chi connectivity index (χ3v) is 3.96. The molecule has 0 saturated heterocycles. The maximum absolute atomic E-state index is 12.2. The van der Waals surface area contributed by atoms with Gasteiger partial charge < -0.3 is 16.2 Å². The van der Waals surface area contributed by atoms with E-state index in [1.807, 2.05) is 32.9 Å². The van der Waals surface area contributed by atoms with Gasteiger partial charge in [0.05, 0.1) is 5.41 Å². The normalized spacial score (nSPS) is 15.4. The average molecular weight is 278 g/mol. The maximum Gasteiger partial charge on any atom is 0.227 e. The molecule has 1 amide bonds. The number of carbonyl (C=O) groups is 1. The van der Waals surface area contributed by atoms with Crippen molar-refractivity contribution in [2.75, 3.05) is 6.54 Å². The van der Waals surface area contributed by atoms with Gasteiger partial charge in [-0.05, 0) is 50.8 Å². The van der Waals surface area contributed by atoms with Crippen molar-refractivity contribution in [1.82, 2.24) is 5.32 Å². The molecule has 1 rings (SSSR count). The number of benzene rings is 1. The van der Waals surface area contributed by atoms with Crippen LogP contribution in [0, 0.1) is 5.41 Å². The van der Waals surface area contributed by atoms with Crippen molar-refractivity contribution in [3.63, 3.8) is 0 Å². The van der Waals surface area contributed by atoms with Gasteiger partial charge in [0, 0.05) is 12.6 Å². The number of nitrogens with one attached hydrogen (secondary N) is 1. The zero-order chi connectivity index (χ0) is 15.2. The summed E-state index contributed by atoms with van der Waals surface area (Å²) in [5.41, 5.74) is 6.36. The second-order valence-corrected chi connectivity index (χ2v) is 5.70. The van der Waals surface area contributed by atoms with Gasteiger partial charge in [-0.2, -0.15) is 0 Å². The van der Waals surface area contributed by atoms with Gasteiger partial charge in [-0.3, -0.25) is 4.79 Å². The summed E-state index contributed by atoms with van der Waals surface area (Å²) in [6.45, 7) is 6.24. The molecule has 1 aromatic carbocycles. The standard InChI is InChI=1S/C16H26N2O2/c1-4-16(3,11-17)15(20)18-12(2)5-6-13-7-9-14(19)10-8-13/h7-10,12,19H,4-6,11,17H2,1-3H3,(H,18,20). The Balaban J connectivity index is 2.45. The van der Waals surface area contributed by atoms with Crippen LogP contribution in [0.15, 0.2) is 24.3 Å². The number of amides is 1. The van der Waals surface area contributed by atoms with E-state index in [1.165, 1.54) is 0 Å². The van der Waals surface area contributed by atoms with Gasteiger partial charge in [-0.15, -0.1) is 0 Å². The molecule has 1 aromatic rings. The van der Waals surface area contributed by atoms with Crippen molar-refractivity contribution in [2.24, 2.45) is 11.1 Å². The highest BCUT2D eigenvalue weighted by Gasteiger charge is 2.30. The van der Waals surface area contributed by atoms with E-state index in [2.05, 4.69) is 5.32 Å². The van der Waals surface area contributed by atoms with Gasteiger partial charge in [0.1, 0.15) is 5.75 Å². The summed E-state index contributed by atoms with van der Waals surface area (Å²) in [6.07, 6.45) is 2.47. The first-order chi connectivity index (χ1) is 9.41. The number of carbonyl (C=O) groups excluding carboxylic acids is 1. The fourth-order valence-corrected chi connectivity index (χ4v) is 1.91. The van der Waals surface area contributed by atoms with Crippen LogP contribution in [0.3, 0.4) is 0 Å². The number of hydrogen-bond donors (Lipinski definition) is 3. The maximum atomic E-state index is 12.2. The molecule has 0 heterocycles. The van der Waals surface area contributed by atoms with E-state index in [4.69, 9.17) is 5.73 Å². The predicted molar refractivity (Wildman–Crippen MR) is 81.5 cm³/mol. The zero-order valence-electron chi connectivity index (χ0n) is 12.6. The van der Waals surface area contributed by atoms with Crippen molar-refractivity contribution in [3.05, 3.63) is 29.8 Å². The lowest BCUT2D eigenvalue weighted by Crippen LogP contribution is -2.46. The molecule has 4 N–H and O–H groups in total. The molecule has 0 saturated carbocycles. The molecule has 0 aliphatic carbocycles. The Morgan fingerprint density at radius 1 is 1.40 bits per heavy atom. The molecule has 0 radical (unpaired) electrons. The molecule has 112 valence electrons. The van der Waals surface area contributed by atoms with E-state index in [0.717, 1.165) is 24.8 Å². The van der Waals surface area contributed by atoms with E-state index >= 15 is 0 Å². The number of aryl methyl sites for hydroxylation is 1. The minimum Gasteiger partial charge on any atom is -0.508 e. The lowest BCUT2D eigenvalue weighted by atomic mass is 9.86. The van der Waals surface area contributed by atoms with Crippen LogP contribution in [0.2, 0.25) is 0 Å². The summed E-state index contributed by atoms with van der Waals surface area (Å²) in [5, 5.41) is 12.3. The summed E-state index contributed by atoms with van der Waals surface area (Å²) < 4.78 is 0. The minimum atomic E-state index is -0.479. The predicted octanol–water partition coefficient (Wildman–Crippen LogP) is 2.20. The van der Waals surface area contributed by atoms with Crippen LogP contribution in [0.4, 0.5) is 0 Å². The molecule has 2 unspecified atom stereocenters. The van der Waals surface area contributed by atoms with Crippen molar-refractivity contribution in [3.8, 4) is 5.75 Å². The summed E-state index contributed by atoms with van der Waals surface area (Å²) >= 11 is 0. The third kappa shape index (κ3) is 4.53. The monoisotopic (exact) mass is 278 g/mol. The molecule has 0 aliphatic heterocycles. The van der Waals surface area contributed by atoms with Crippen LogP contribution < -0.4 is 11.1 Å². The Morgan fingerprint density at radius 3 is 2.50 bits per heavy atom. The van der Waals surface area contributed by atoms with Crippen LogP contribution in [0.25, 0.3) is 0 Å². The van der Waals surface area contributed by atoms with Gasteiger partial charge in [-0.1, -0.05) is 19.1 Å². The van der Waals surface area contributed by atoms with Crippen LogP contribution in [-0.4, -0.2) is 23.6 Å². The first-order valence-electron chi connectivity index (χ1n) is 7.20. The molecule has 0 spiro atoms. The van der Waals surface area contributed by atoms with E-state index in [9.17, 15) is 9.90 Å². The highest BCUT2D eigenvalue weighted by molar-refractivity contribution is 5.82. The van der Waals surface area contributed by atoms with E-state index in [-0.39, 0.29) is 17.7 Å². The minimum absolute atomic E-state index is 0.0284. The fourth-order valence-electron chi connectivity index (χ4n) is 1.91. The molecular weight excluding hydrogens is 252 g/mol. The van der Waals surface area contributed by atoms with Crippen LogP contribution in [-0.2, 0) is 11.2 Å². The third-order valence-electron chi connectivity index (χ3n) is 3.96. The average Bonchev–Trinajstić information content (AvgIpc) is 2.45. The Morgan fingerprint density at radius 2 is 2.00 bits per heavy atom. The number of phenolic OH excluding ortho intramolecular Hbond substituents is 1. The Bertz CT molecular complexity index is 425. The summed E-state index contributed by atoms with van der Waals surface area (Å²) in [7, 11) is 0. The molecule has 0 bridgehead atoms. The number of aromatic hydroxyl groups is 1. The number of rotatable bonds is 7. The van der Waals surface area contributed by atoms with E-state index < -0.39 is 5.41 Å². The van der Waals surface area contributed by atoms with Gasteiger partial charge in [0.15, 0.2) is 0 Å². The highest BCUT2D eigenvalue weighted by atomic mass is 16.3. The van der Waals surface area contributed by atoms with E-state index in [0.29, 0.717) is 6.54 Å². The summed E-state index contributed by atoms with van der Waals surface area (Å²) in [4.78, 5) is 12.2. The van der Waals surface area contributed by atoms with Crippen molar-refractivity contribution in [1.29, 1.82) is 0 Å². The number of phenols is 1. The van der Waals surface area contributed by atoms with Crippen molar-refractivity contribution < 1.29 is 9.90 Å². The lowest BCUT2D eigenvalue weighted by Gasteiger charge is -2.27. The first-order valence-corrected chi connectivity index (χ1v) is 7.20. The smallest absolute Gasteiger partial charge is 0.227 e. The Hall–Kier alpha value is -1.55. The molecular formula is C16H26N2O2. The van der Waals surface area contributed by atoms with Crippen molar-refractivity contribution >= 4 is 5.91 Å². The van der Waals surface area contributed by atoms with E-state index in [1.54, 1.807) is 12.1 Å². The topological polar surface area (TPSA) is 75.4 Å². The largest absolute Gasteiger partial charge is 0.508 e. The first kappa shape index (κ1) is 16.5. The highest BCUT2D eigenvalue weighted by Crippen LogP contribution is 2.20.